The highest BCUT2D eigenvalue weighted by Crippen LogP contribution is 2.19. The van der Waals surface area contributed by atoms with Gasteiger partial charge in [0.05, 0.1) is 10.9 Å². The van der Waals surface area contributed by atoms with Gasteiger partial charge in [-0.1, -0.05) is 26.0 Å². The first-order valence-electron chi connectivity index (χ1n) is 8.78. The number of carbonyl (C=O) groups is 2. The highest BCUT2D eigenvalue weighted by molar-refractivity contribution is 7.89. The lowest BCUT2D eigenvalue weighted by Gasteiger charge is -2.35. The Kier molecular flexibility index (Phi) is 8.41. The number of amides is 1. The zero-order valence-corrected chi connectivity index (χ0v) is 17.6. The SMILES string of the molecule is CC(=O)c1ccc(S(=O)(=O)N2CCN(C(=O)[C@@H](N)CC(C)C)CC2)cc1.Cl. The Hall–Kier alpha value is -1.48. The van der Waals surface area contributed by atoms with Crippen LogP contribution in [0.4, 0.5) is 0 Å². The van der Waals surface area contributed by atoms with E-state index in [1.807, 2.05) is 13.8 Å². The molecule has 0 aromatic heterocycles. The number of ketones is 1. The first-order chi connectivity index (χ1) is 12.1. The Labute approximate surface area is 167 Å². The van der Waals surface area contributed by atoms with Gasteiger partial charge in [0.15, 0.2) is 5.78 Å². The van der Waals surface area contributed by atoms with Crippen molar-refractivity contribution >= 4 is 34.1 Å². The molecular weight excluding hydrogens is 390 g/mol. The zero-order chi connectivity index (χ0) is 19.5. The predicted molar refractivity (Wildman–Crippen MR) is 106 cm³/mol. The van der Waals surface area contributed by atoms with Crippen molar-refractivity contribution < 1.29 is 18.0 Å². The van der Waals surface area contributed by atoms with Gasteiger partial charge >= 0.3 is 0 Å². The highest BCUT2D eigenvalue weighted by atomic mass is 35.5. The van der Waals surface area contributed by atoms with Crippen molar-refractivity contribution in [3.05, 3.63) is 29.8 Å². The summed E-state index contributed by atoms with van der Waals surface area (Å²) in [5.41, 5.74) is 6.42. The van der Waals surface area contributed by atoms with E-state index in [-0.39, 0.29) is 42.1 Å². The molecule has 0 saturated carbocycles. The first-order valence-corrected chi connectivity index (χ1v) is 10.2. The van der Waals surface area contributed by atoms with Gasteiger partial charge in [0.25, 0.3) is 0 Å². The molecule has 0 unspecified atom stereocenters. The van der Waals surface area contributed by atoms with Crippen molar-refractivity contribution in [2.24, 2.45) is 11.7 Å². The lowest BCUT2D eigenvalue weighted by Crippen LogP contribution is -2.54. The summed E-state index contributed by atoms with van der Waals surface area (Å²) in [6, 6.07) is 5.38. The van der Waals surface area contributed by atoms with Crippen molar-refractivity contribution in [1.82, 2.24) is 9.21 Å². The standard InChI is InChI=1S/C18H27N3O4S.ClH/c1-13(2)12-17(19)18(23)20-8-10-21(11-9-20)26(24,25)16-6-4-15(5-7-16)14(3)22;/h4-7,13,17H,8-12,19H2,1-3H3;1H/t17-;/m0./s1. The third-order valence-corrected chi connectivity index (χ3v) is 6.40. The number of nitrogens with two attached hydrogens (primary N) is 1. The van der Waals surface area contributed by atoms with E-state index in [0.717, 1.165) is 0 Å². The molecule has 0 spiro atoms. The van der Waals surface area contributed by atoms with Crippen molar-refractivity contribution in [3.63, 3.8) is 0 Å². The molecule has 2 rings (SSSR count). The minimum Gasteiger partial charge on any atom is -0.339 e. The van der Waals surface area contributed by atoms with Gasteiger partial charge in [0.1, 0.15) is 0 Å². The molecule has 0 radical (unpaired) electrons. The van der Waals surface area contributed by atoms with E-state index in [1.54, 1.807) is 4.90 Å². The molecule has 2 N–H and O–H groups in total. The van der Waals surface area contributed by atoms with Gasteiger partial charge in [-0.15, -0.1) is 12.4 Å². The number of halogens is 1. The van der Waals surface area contributed by atoms with Gasteiger partial charge in [0, 0.05) is 31.7 Å². The number of nitrogens with zero attached hydrogens (tertiary/aromatic N) is 2. The third kappa shape index (κ3) is 5.75. The van der Waals surface area contributed by atoms with Crippen LogP contribution in [0.2, 0.25) is 0 Å². The van der Waals surface area contributed by atoms with E-state index in [2.05, 4.69) is 0 Å². The van der Waals surface area contributed by atoms with Gasteiger partial charge in [-0.05, 0) is 31.4 Å². The number of rotatable bonds is 6. The minimum absolute atomic E-state index is 0. The summed E-state index contributed by atoms with van der Waals surface area (Å²) in [5.74, 6) is 0.0916. The Morgan fingerprint density at radius 3 is 2.04 bits per heavy atom. The molecule has 1 heterocycles. The largest absolute Gasteiger partial charge is 0.339 e. The molecule has 1 aliphatic rings. The summed E-state index contributed by atoms with van der Waals surface area (Å²) < 4.78 is 26.8. The van der Waals surface area contributed by atoms with Gasteiger partial charge in [-0.2, -0.15) is 4.31 Å². The maximum absolute atomic E-state index is 12.7. The fourth-order valence-electron chi connectivity index (χ4n) is 3.00. The second kappa shape index (κ2) is 9.64. The lowest BCUT2D eigenvalue weighted by atomic mass is 10.0. The summed E-state index contributed by atoms with van der Waals surface area (Å²) in [7, 11) is -3.64. The van der Waals surface area contributed by atoms with E-state index in [9.17, 15) is 18.0 Å². The average Bonchev–Trinajstić information content (AvgIpc) is 2.60. The second-order valence-electron chi connectivity index (χ2n) is 7.05. The Bertz CT molecular complexity index is 757. The number of piperazine rings is 1. The normalized spacial score (nSPS) is 16.7. The molecule has 1 aromatic rings. The summed E-state index contributed by atoms with van der Waals surface area (Å²) in [6.45, 7) is 6.58. The molecular formula is C18H28ClN3O4S. The van der Waals surface area contributed by atoms with E-state index < -0.39 is 16.1 Å². The van der Waals surface area contributed by atoms with Crippen molar-refractivity contribution in [3.8, 4) is 0 Å². The Balaban J connectivity index is 0.00000364. The molecule has 152 valence electrons. The van der Waals surface area contributed by atoms with Gasteiger partial charge in [-0.3, -0.25) is 9.59 Å². The Morgan fingerprint density at radius 1 is 1.07 bits per heavy atom. The van der Waals surface area contributed by atoms with Crippen LogP contribution >= 0.6 is 12.4 Å². The average molecular weight is 418 g/mol. The molecule has 1 fully saturated rings. The smallest absolute Gasteiger partial charge is 0.243 e. The van der Waals surface area contributed by atoms with E-state index in [0.29, 0.717) is 31.0 Å². The molecule has 1 saturated heterocycles. The van der Waals surface area contributed by atoms with Gasteiger partial charge in [-0.25, -0.2) is 8.42 Å². The van der Waals surface area contributed by atoms with Crippen LogP contribution in [0.15, 0.2) is 29.2 Å². The molecule has 0 aliphatic carbocycles. The molecule has 7 nitrogen and oxygen atoms in total. The lowest BCUT2D eigenvalue weighted by molar-refractivity contribution is -0.134. The zero-order valence-electron chi connectivity index (χ0n) is 15.9. The van der Waals surface area contributed by atoms with Gasteiger partial charge in [0.2, 0.25) is 15.9 Å². The molecule has 1 aliphatic heterocycles. The van der Waals surface area contributed by atoms with Crippen LogP contribution in [0.5, 0.6) is 0 Å². The summed E-state index contributed by atoms with van der Waals surface area (Å²) in [4.78, 5) is 25.5. The third-order valence-electron chi connectivity index (χ3n) is 4.49. The second-order valence-corrected chi connectivity index (χ2v) is 8.98. The molecule has 9 heteroatoms. The van der Waals surface area contributed by atoms with E-state index >= 15 is 0 Å². The number of hydrogen-bond acceptors (Lipinski definition) is 5. The first kappa shape index (κ1) is 23.6. The van der Waals surface area contributed by atoms with Crippen molar-refractivity contribution in [1.29, 1.82) is 0 Å². The van der Waals surface area contributed by atoms with Crippen LogP contribution in [0.3, 0.4) is 0 Å². The van der Waals surface area contributed by atoms with E-state index in [4.69, 9.17) is 5.73 Å². The highest BCUT2D eigenvalue weighted by Gasteiger charge is 2.31. The van der Waals surface area contributed by atoms with Crippen LogP contribution in [0.25, 0.3) is 0 Å². The molecule has 27 heavy (non-hydrogen) atoms. The maximum Gasteiger partial charge on any atom is 0.243 e. The summed E-state index contributed by atoms with van der Waals surface area (Å²) >= 11 is 0. The number of sulfonamides is 1. The summed E-state index contributed by atoms with van der Waals surface area (Å²) in [5, 5.41) is 0. The van der Waals surface area contributed by atoms with E-state index in [1.165, 1.54) is 35.5 Å². The Morgan fingerprint density at radius 2 is 1.59 bits per heavy atom. The fraction of sp³-hybridized carbons (Fsp3) is 0.556. The van der Waals surface area contributed by atoms with Crippen LogP contribution in [-0.4, -0.2) is 61.5 Å². The fourth-order valence-corrected chi connectivity index (χ4v) is 4.42. The van der Waals surface area contributed by atoms with Crippen LogP contribution in [0.1, 0.15) is 37.6 Å². The van der Waals surface area contributed by atoms with Crippen LogP contribution in [0, 0.1) is 5.92 Å². The minimum atomic E-state index is -3.64. The topological polar surface area (TPSA) is 101 Å². The molecule has 1 amide bonds. The molecule has 1 atom stereocenters. The summed E-state index contributed by atoms with van der Waals surface area (Å²) in [6.07, 6.45) is 0.611. The predicted octanol–water partition coefficient (Wildman–Crippen LogP) is 1.52. The number of Topliss-reactive ketones (excluding diaryl/α,β-unsaturated/α-hetero) is 1. The number of carbonyl (C=O) groups excluding carboxylic acids is 2. The molecule has 1 aromatic carbocycles. The number of benzene rings is 1. The maximum atomic E-state index is 12.7. The van der Waals surface area contributed by atoms with Crippen molar-refractivity contribution in [2.75, 3.05) is 26.2 Å². The van der Waals surface area contributed by atoms with Crippen molar-refractivity contribution in [2.45, 2.75) is 38.1 Å². The van der Waals surface area contributed by atoms with Crippen LogP contribution < -0.4 is 5.73 Å². The monoisotopic (exact) mass is 417 g/mol. The number of hydrogen-bond donors (Lipinski definition) is 1. The molecule has 0 bridgehead atoms. The van der Waals surface area contributed by atoms with Crippen LogP contribution in [-0.2, 0) is 14.8 Å². The quantitative estimate of drug-likeness (QED) is 0.707. The van der Waals surface area contributed by atoms with Gasteiger partial charge < -0.3 is 10.6 Å².